The number of nitrogens with zero attached hydrogens (tertiary/aromatic N) is 1. The molecule has 0 radical (unpaired) electrons. The maximum atomic E-state index is 10.5. The second-order valence-electron chi connectivity index (χ2n) is 4.48. The average Bonchev–Trinajstić information content (AvgIpc) is 2.50. The van der Waals surface area contributed by atoms with Crippen LogP contribution in [0.2, 0.25) is 0 Å². The van der Waals surface area contributed by atoms with Gasteiger partial charge >= 0.3 is 0 Å². The van der Waals surface area contributed by atoms with Gasteiger partial charge in [0, 0.05) is 24.4 Å². The molecule has 1 aromatic rings. The van der Waals surface area contributed by atoms with Gasteiger partial charge in [-0.25, -0.2) is 0 Å². The van der Waals surface area contributed by atoms with E-state index in [0.29, 0.717) is 5.69 Å². The molecule has 0 fully saturated rings. The molecule has 0 amide bonds. The summed E-state index contributed by atoms with van der Waals surface area (Å²) in [6.07, 6.45) is -6.31. The summed E-state index contributed by atoms with van der Waals surface area (Å²) < 4.78 is 0. The Hall–Kier alpha value is -1.78. The highest BCUT2D eigenvalue weighted by Crippen LogP contribution is 2.15. The van der Waals surface area contributed by atoms with Crippen LogP contribution in [-0.2, 0) is 0 Å². The first-order valence-electron chi connectivity index (χ1n) is 6.18. The zero-order chi connectivity index (χ0) is 16.0. The van der Waals surface area contributed by atoms with Crippen LogP contribution < -0.4 is 5.32 Å². The van der Waals surface area contributed by atoms with Gasteiger partial charge in [-0.1, -0.05) is 0 Å². The third kappa shape index (κ3) is 4.92. The predicted molar refractivity (Wildman–Crippen MR) is 72.7 cm³/mol. The molecule has 0 aromatic heterocycles. The summed E-state index contributed by atoms with van der Waals surface area (Å²) in [7, 11) is 0. The van der Waals surface area contributed by atoms with Crippen molar-refractivity contribution in [3.8, 4) is 0 Å². The number of non-ortho nitro benzene ring substituents is 1. The smallest absolute Gasteiger partial charge is 0.269 e. The molecular weight excluding hydrogens is 284 g/mol. The van der Waals surface area contributed by atoms with E-state index in [1.54, 1.807) is 0 Å². The van der Waals surface area contributed by atoms with Crippen LogP contribution in [0.15, 0.2) is 24.3 Å². The Morgan fingerprint density at radius 2 is 1.57 bits per heavy atom. The topological polar surface area (TPSA) is 156 Å². The molecule has 1 aromatic carbocycles. The highest BCUT2D eigenvalue weighted by Gasteiger charge is 2.29. The van der Waals surface area contributed by atoms with Crippen molar-refractivity contribution in [2.45, 2.75) is 24.4 Å². The molecule has 0 saturated heterocycles. The molecule has 6 N–H and O–H groups in total. The average molecular weight is 302 g/mol. The lowest BCUT2D eigenvalue weighted by Gasteiger charge is -2.25. The Labute approximate surface area is 120 Å². The van der Waals surface area contributed by atoms with Gasteiger partial charge in [0.2, 0.25) is 0 Å². The third-order valence-electron chi connectivity index (χ3n) is 2.92. The zero-order valence-electron chi connectivity index (χ0n) is 11.0. The molecule has 0 unspecified atom stereocenters. The van der Waals surface area contributed by atoms with Crippen molar-refractivity contribution in [1.82, 2.24) is 0 Å². The quantitative estimate of drug-likeness (QED) is 0.249. The van der Waals surface area contributed by atoms with E-state index in [1.807, 2.05) is 0 Å². The number of nitro groups is 1. The van der Waals surface area contributed by atoms with Crippen molar-refractivity contribution in [1.29, 1.82) is 0 Å². The molecule has 0 saturated carbocycles. The molecule has 118 valence electrons. The summed E-state index contributed by atoms with van der Waals surface area (Å²) in [6, 6.07) is 5.40. The SMILES string of the molecule is O=[N+]([O-])c1ccc(NC[C@@H](O)[C@@H](O)[C@H](O)[C@H](O)CO)cc1. The van der Waals surface area contributed by atoms with Crippen molar-refractivity contribution < 1.29 is 30.5 Å². The van der Waals surface area contributed by atoms with Crippen LogP contribution in [0.3, 0.4) is 0 Å². The number of aliphatic hydroxyl groups excluding tert-OH is 5. The largest absolute Gasteiger partial charge is 0.394 e. The summed E-state index contributed by atoms with van der Waals surface area (Å²) in [5, 5.41) is 59.7. The van der Waals surface area contributed by atoms with Crippen LogP contribution in [0.4, 0.5) is 11.4 Å². The molecule has 0 bridgehead atoms. The number of hydrogen-bond donors (Lipinski definition) is 6. The van der Waals surface area contributed by atoms with Gasteiger partial charge in [0.05, 0.1) is 17.6 Å². The first kappa shape index (κ1) is 17.3. The lowest BCUT2D eigenvalue weighted by atomic mass is 10.0. The van der Waals surface area contributed by atoms with Crippen LogP contribution in [0, 0.1) is 10.1 Å². The van der Waals surface area contributed by atoms with E-state index in [-0.39, 0.29) is 12.2 Å². The van der Waals surface area contributed by atoms with Crippen LogP contribution in [-0.4, -0.2) is 68.0 Å². The monoisotopic (exact) mass is 302 g/mol. The summed E-state index contributed by atoms with van der Waals surface area (Å²) in [5.74, 6) is 0. The van der Waals surface area contributed by atoms with Crippen molar-refractivity contribution in [2.24, 2.45) is 0 Å². The molecule has 9 heteroatoms. The maximum Gasteiger partial charge on any atom is 0.269 e. The first-order valence-corrected chi connectivity index (χ1v) is 6.18. The molecule has 0 spiro atoms. The van der Waals surface area contributed by atoms with Crippen LogP contribution in [0.5, 0.6) is 0 Å². The Bertz CT molecular complexity index is 453. The standard InChI is InChI=1S/C12H18N2O7/c15-6-10(17)12(19)11(18)9(16)5-13-7-1-3-8(4-2-7)14(20)21/h1-4,9-13,15-19H,5-6H2/t9-,10-,11-,12-/m1/s1. The van der Waals surface area contributed by atoms with Gasteiger partial charge < -0.3 is 30.8 Å². The highest BCUT2D eigenvalue weighted by molar-refractivity contribution is 5.48. The molecule has 9 nitrogen and oxygen atoms in total. The second kappa shape index (κ2) is 7.86. The van der Waals surface area contributed by atoms with Gasteiger partial charge in [-0.3, -0.25) is 10.1 Å². The maximum absolute atomic E-state index is 10.5. The van der Waals surface area contributed by atoms with Gasteiger partial charge in [-0.2, -0.15) is 0 Å². The summed E-state index contributed by atoms with van der Waals surface area (Å²) in [6.45, 7) is -0.908. The van der Waals surface area contributed by atoms with Crippen LogP contribution in [0.1, 0.15) is 0 Å². The second-order valence-corrected chi connectivity index (χ2v) is 4.48. The molecular formula is C12H18N2O7. The fraction of sp³-hybridized carbons (Fsp3) is 0.500. The minimum atomic E-state index is -1.69. The highest BCUT2D eigenvalue weighted by atomic mass is 16.6. The molecule has 0 aliphatic carbocycles. The predicted octanol–water partition coefficient (Wildman–Crippen LogP) is -1.56. The minimum Gasteiger partial charge on any atom is -0.394 e. The van der Waals surface area contributed by atoms with Gasteiger partial charge in [0.25, 0.3) is 5.69 Å². The van der Waals surface area contributed by atoms with Gasteiger partial charge in [0.1, 0.15) is 18.3 Å². The van der Waals surface area contributed by atoms with E-state index in [2.05, 4.69) is 5.32 Å². The lowest BCUT2D eigenvalue weighted by Crippen LogP contribution is -2.47. The summed E-state index contributed by atoms with van der Waals surface area (Å²) in [4.78, 5) is 9.93. The van der Waals surface area contributed by atoms with Crippen molar-refractivity contribution in [2.75, 3.05) is 18.5 Å². The number of hydrogen-bond acceptors (Lipinski definition) is 8. The number of aliphatic hydroxyl groups is 5. The molecule has 0 aliphatic heterocycles. The molecule has 4 atom stereocenters. The van der Waals surface area contributed by atoms with Crippen molar-refractivity contribution in [3.05, 3.63) is 34.4 Å². The molecule has 0 aliphatic rings. The molecule has 1 rings (SSSR count). The summed E-state index contributed by atoms with van der Waals surface area (Å²) >= 11 is 0. The van der Waals surface area contributed by atoms with E-state index in [9.17, 15) is 25.4 Å². The van der Waals surface area contributed by atoms with Gasteiger partial charge in [0.15, 0.2) is 0 Å². The number of nitro benzene ring substituents is 1. The van der Waals surface area contributed by atoms with Gasteiger partial charge in [-0.15, -0.1) is 0 Å². The van der Waals surface area contributed by atoms with Crippen LogP contribution >= 0.6 is 0 Å². The Kier molecular flexibility index (Phi) is 6.46. The number of benzene rings is 1. The number of anilines is 1. The Balaban J connectivity index is 2.52. The first-order chi connectivity index (χ1) is 9.86. The third-order valence-corrected chi connectivity index (χ3v) is 2.92. The minimum absolute atomic E-state index is 0.0809. The number of rotatable bonds is 8. The Morgan fingerprint density at radius 3 is 2.05 bits per heavy atom. The fourth-order valence-corrected chi connectivity index (χ4v) is 1.61. The van der Waals surface area contributed by atoms with Crippen LogP contribution in [0.25, 0.3) is 0 Å². The molecule has 21 heavy (non-hydrogen) atoms. The lowest BCUT2D eigenvalue weighted by molar-refractivity contribution is -0.384. The van der Waals surface area contributed by atoms with E-state index >= 15 is 0 Å². The summed E-state index contributed by atoms with van der Waals surface area (Å²) in [5.41, 5.74) is 0.395. The fourth-order valence-electron chi connectivity index (χ4n) is 1.61. The van der Waals surface area contributed by atoms with Gasteiger partial charge in [-0.05, 0) is 12.1 Å². The number of nitrogens with one attached hydrogen (secondary N) is 1. The van der Waals surface area contributed by atoms with E-state index < -0.39 is 35.9 Å². The van der Waals surface area contributed by atoms with E-state index in [0.717, 1.165) is 0 Å². The Morgan fingerprint density at radius 1 is 1.05 bits per heavy atom. The van der Waals surface area contributed by atoms with E-state index in [1.165, 1.54) is 24.3 Å². The normalized spacial score (nSPS) is 16.8. The zero-order valence-corrected chi connectivity index (χ0v) is 11.0. The van der Waals surface area contributed by atoms with Crippen molar-refractivity contribution in [3.63, 3.8) is 0 Å². The van der Waals surface area contributed by atoms with E-state index in [4.69, 9.17) is 10.2 Å². The molecule has 0 heterocycles. The van der Waals surface area contributed by atoms with Crippen molar-refractivity contribution >= 4 is 11.4 Å².